The number of rotatable bonds is 4. The first-order valence-electron chi connectivity index (χ1n) is 19.6. The zero-order chi connectivity index (χ0) is 36.7. The van der Waals surface area contributed by atoms with Crippen molar-refractivity contribution < 1.29 is 28.0 Å². The predicted molar refractivity (Wildman–Crippen MR) is 207 cm³/mol. The van der Waals surface area contributed by atoms with Crippen molar-refractivity contribution in [3.8, 4) is 5.75 Å². The molecule has 0 radical (unpaired) electrons. The van der Waals surface area contributed by atoms with Gasteiger partial charge >= 0.3 is 6.03 Å². The highest BCUT2D eigenvalue weighted by Gasteiger charge is 2.46. The number of benzene rings is 2. The molecule has 3 amide bonds. The summed E-state index contributed by atoms with van der Waals surface area (Å²) in [6.07, 6.45) is 12.9. The summed E-state index contributed by atoms with van der Waals surface area (Å²) >= 11 is 6.47. The molecule has 2 saturated carbocycles. The minimum atomic E-state index is -3.48. The van der Waals surface area contributed by atoms with Crippen LogP contribution in [0.15, 0.2) is 52.9 Å². The number of hydrogen-bond acceptors (Lipinski definition) is 7. The first kappa shape index (κ1) is 36.8. The molecule has 3 aliphatic heterocycles. The van der Waals surface area contributed by atoms with Crippen molar-refractivity contribution >= 4 is 39.1 Å². The van der Waals surface area contributed by atoms with E-state index in [2.05, 4.69) is 43.6 Å². The number of anilines is 1. The van der Waals surface area contributed by atoms with Gasteiger partial charge in [-0.1, -0.05) is 36.7 Å². The summed E-state index contributed by atoms with van der Waals surface area (Å²) in [5.74, 6) is 1.69. The highest BCUT2D eigenvalue weighted by atomic mass is 35.5. The summed E-state index contributed by atoms with van der Waals surface area (Å²) in [6, 6.07) is 11.2. The van der Waals surface area contributed by atoms with Gasteiger partial charge in [-0.3, -0.25) is 9.52 Å². The number of ether oxygens (including phenoxy) is 3. The molecule has 1 unspecified atom stereocenters. The highest BCUT2D eigenvalue weighted by Crippen LogP contribution is 2.47. The van der Waals surface area contributed by atoms with Gasteiger partial charge in [0, 0.05) is 55.5 Å². The van der Waals surface area contributed by atoms with Crippen molar-refractivity contribution in [1.82, 2.24) is 10.0 Å². The van der Waals surface area contributed by atoms with Crippen LogP contribution in [0.25, 0.3) is 0 Å². The summed E-state index contributed by atoms with van der Waals surface area (Å²) in [6.45, 7) is 5.52. The van der Waals surface area contributed by atoms with Gasteiger partial charge in [0.1, 0.15) is 15.7 Å². The van der Waals surface area contributed by atoms with Crippen LogP contribution < -0.4 is 19.7 Å². The zero-order valence-corrected chi connectivity index (χ0v) is 32.5. The average Bonchev–Trinajstić information content (AvgIpc) is 3.91. The number of amides is 3. The molecule has 3 heterocycles. The number of carbonyl (C=O) groups is 2. The van der Waals surface area contributed by atoms with Gasteiger partial charge in [0.05, 0.1) is 24.2 Å². The van der Waals surface area contributed by atoms with E-state index >= 15 is 0 Å². The van der Waals surface area contributed by atoms with Crippen LogP contribution in [-0.2, 0) is 31.2 Å². The largest absolute Gasteiger partial charge is 0.490 e. The van der Waals surface area contributed by atoms with Gasteiger partial charge in [-0.2, -0.15) is 0 Å². The average molecular weight is 765 g/mol. The molecule has 1 spiro atoms. The molecule has 2 aromatic rings. The molecule has 2 N–H and O–H groups in total. The molecule has 3 aliphatic carbocycles. The van der Waals surface area contributed by atoms with E-state index in [0.29, 0.717) is 42.3 Å². The molecule has 1 saturated heterocycles. The second kappa shape index (κ2) is 15.2. The Morgan fingerprint density at radius 3 is 2.74 bits per heavy atom. The van der Waals surface area contributed by atoms with Crippen molar-refractivity contribution in [1.29, 1.82) is 0 Å². The number of urea groups is 1. The van der Waals surface area contributed by atoms with Gasteiger partial charge < -0.3 is 24.4 Å². The van der Waals surface area contributed by atoms with Crippen LogP contribution >= 0.6 is 11.6 Å². The number of fused-ring (bicyclic) bond motifs is 4. The Labute approximate surface area is 319 Å². The normalized spacial score (nSPS) is 35.0. The van der Waals surface area contributed by atoms with Crippen LogP contribution in [0.4, 0.5) is 10.5 Å². The first-order valence-corrected chi connectivity index (χ1v) is 21.6. The molecule has 2 bridgehead atoms. The summed E-state index contributed by atoms with van der Waals surface area (Å²) < 4.78 is 39.9. The van der Waals surface area contributed by atoms with Crippen molar-refractivity contribution in [2.75, 3.05) is 50.7 Å². The number of halogens is 1. The smallest absolute Gasteiger partial charge is 0.327 e. The molecule has 6 aliphatic rings. The topological polar surface area (TPSA) is 119 Å². The third-order valence-electron chi connectivity index (χ3n) is 12.8. The van der Waals surface area contributed by atoms with Crippen molar-refractivity contribution in [3.63, 3.8) is 0 Å². The third kappa shape index (κ3) is 7.86. The maximum Gasteiger partial charge on any atom is 0.327 e. The van der Waals surface area contributed by atoms with E-state index in [-0.39, 0.29) is 29.2 Å². The Morgan fingerprint density at radius 1 is 1.09 bits per heavy atom. The monoisotopic (exact) mass is 764 g/mol. The first-order chi connectivity index (χ1) is 25.6. The molecule has 8 rings (SSSR count). The van der Waals surface area contributed by atoms with Gasteiger partial charge in [0.15, 0.2) is 0 Å². The molecule has 8 atom stereocenters. The maximum absolute atomic E-state index is 14.6. The fraction of sp³-hybridized carbons (Fsp3) is 0.610. The van der Waals surface area contributed by atoms with Crippen LogP contribution in [0.2, 0.25) is 5.02 Å². The predicted octanol–water partition coefficient (Wildman–Crippen LogP) is 7.09. The Balaban J connectivity index is 1.12. The van der Waals surface area contributed by atoms with Crippen molar-refractivity contribution in [3.05, 3.63) is 70.3 Å². The number of carbonyl (C=O) groups excluding carboxylic acids is 2. The second-order valence-electron chi connectivity index (χ2n) is 16.5. The molecule has 10 nitrogen and oxygen atoms in total. The van der Waals surface area contributed by atoms with Crippen molar-refractivity contribution in [2.24, 2.45) is 34.0 Å². The summed E-state index contributed by atoms with van der Waals surface area (Å²) in [5, 5.41) is 3.78. The van der Waals surface area contributed by atoms with Gasteiger partial charge in [-0.05, 0) is 129 Å². The zero-order valence-electron chi connectivity index (χ0n) is 30.9. The van der Waals surface area contributed by atoms with Crippen LogP contribution in [0, 0.1) is 29.6 Å². The molecule has 286 valence electrons. The molecular formula is C41H53ClN4O6S. The van der Waals surface area contributed by atoms with Gasteiger partial charge in [-0.15, -0.1) is 4.36 Å². The Bertz CT molecular complexity index is 1870. The fourth-order valence-electron chi connectivity index (χ4n) is 9.76. The van der Waals surface area contributed by atoms with Crippen LogP contribution in [-0.4, -0.2) is 74.1 Å². The minimum absolute atomic E-state index is 0.0247. The Kier molecular flexibility index (Phi) is 10.6. The highest BCUT2D eigenvalue weighted by molar-refractivity contribution is 7.92. The van der Waals surface area contributed by atoms with Gasteiger partial charge in [-0.25, -0.2) is 9.00 Å². The lowest BCUT2D eigenvalue weighted by Gasteiger charge is -2.46. The standard InChI is InChI=1S/C41H53ClN4O6S/c1-26-5-3-7-37(50-2)32-11-8-30(32)22-46-24-41(16-4-6-28-19-31(42)10-12-34(28)41)25-52-38-13-9-29(20-36(38)46)39(47)44-53(49,23-26)45-40(48)43-35-21-33(35)27-14-17-51-18-15-27/h3,7,9-10,12-13,19-20,26-27,30,32-33,35,37H,4-6,8,11,14-18,21-25H2,1-2H3,(H2,43,44,45,47,48,49)/b7-3-/t26-,30-,32+,33-,35+,37-,41-,53?/m0/s1. The molecule has 0 aromatic heterocycles. The van der Waals surface area contributed by atoms with Crippen LogP contribution in [0.1, 0.15) is 79.8 Å². The molecule has 3 fully saturated rings. The lowest BCUT2D eigenvalue weighted by molar-refractivity contribution is 0.0131. The second-order valence-corrected chi connectivity index (χ2v) is 18.9. The number of aryl methyl sites for hydroxylation is 1. The quantitative estimate of drug-likeness (QED) is 0.320. The maximum atomic E-state index is 14.6. The van der Waals surface area contributed by atoms with E-state index in [1.165, 1.54) is 11.1 Å². The Hall–Kier alpha value is -3.12. The van der Waals surface area contributed by atoms with Crippen LogP contribution in [0.5, 0.6) is 5.75 Å². The number of methoxy groups -OCH3 is 1. The third-order valence-corrected chi connectivity index (χ3v) is 15.0. The number of nitrogens with zero attached hydrogens (tertiary/aromatic N) is 2. The van der Waals surface area contributed by atoms with E-state index in [1.807, 2.05) is 25.1 Å². The summed E-state index contributed by atoms with van der Waals surface area (Å²) in [7, 11) is -1.70. The number of nitrogens with one attached hydrogen (secondary N) is 2. The molecule has 12 heteroatoms. The minimum Gasteiger partial charge on any atom is -0.490 e. The van der Waals surface area contributed by atoms with E-state index < -0.39 is 21.9 Å². The van der Waals surface area contributed by atoms with E-state index in [4.69, 9.17) is 25.8 Å². The summed E-state index contributed by atoms with van der Waals surface area (Å²) in [4.78, 5) is 29.8. The molecular weight excluding hydrogens is 712 g/mol. The lowest BCUT2D eigenvalue weighted by Crippen LogP contribution is -2.49. The van der Waals surface area contributed by atoms with E-state index in [0.717, 1.165) is 94.1 Å². The number of allylic oxidation sites excluding steroid dienone is 1. The summed E-state index contributed by atoms with van der Waals surface area (Å²) in [5.41, 5.74) is 3.46. The van der Waals surface area contributed by atoms with Crippen LogP contribution in [0.3, 0.4) is 0 Å². The SMILES string of the molecule is CO[C@H]1/C=C\C[C@H](C)CS(=O)(NC(=O)N[C@@H]2C[C@H]2C2CCOCC2)=NC(=O)c2ccc3c(c2)N(C[C@@H]2CC[C@H]21)C[C@@]1(CCCc2cc(Cl)ccc21)CO3. The fourth-order valence-corrected chi connectivity index (χ4v) is 11.8. The van der Waals surface area contributed by atoms with Gasteiger partial charge in [0.25, 0.3) is 5.91 Å². The number of hydrogen-bond donors (Lipinski definition) is 2. The molecule has 2 aromatic carbocycles. The molecule has 53 heavy (non-hydrogen) atoms. The Morgan fingerprint density at radius 2 is 1.94 bits per heavy atom. The van der Waals surface area contributed by atoms with E-state index in [9.17, 15) is 13.8 Å². The lowest BCUT2D eigenvalue weighted by atomic mass is 9.68. The van der Waals surface area contributed by atoms with Gasteiger partial charge in [0.2, 0.25) is 0 Å². The van der Waals surface area contributed by atoms with E-state index in [1.54, 1.807) is 13.2 Å². The van der Waals surface area contributed by atoms with Crippen molar-refractivity contribution in [2.45, 2.75) is 82.3 Å².